The number of rotatable bonds is 3. The van der Waals surface area contributed by atoms with Gasteiger partial charge in [-0.05, 0) is 12.1 Å². The molecule has 1 amide bonds. The summed E-state index contributed by atoms with van der Waals surface area (Å²) < 4.78 is 35.7. The fourth-order valence-corrected chi connectivity index (χ4v) is 1.83. The van der Waals surface area contributed by atoms with E-state index in [1.54, 1.807) is 0 Å². The zero-order valence-electron chi connectivity index (χ0n) is 8.45. The summed E-state index contributed by atoms with van der Waals surface area (Å²) in [7, 11) is -4.29. The van der Waals surface area contributed by atoms with E-state index >= 15 is 0 Å². The summed E-state index contributed by atoms with van der Waals surface area (Å²) in [6.45, 7) is 0. The molecule has 2 rings (SSSR count). The maximum absolute atomic E-state index is 10.9. The molecular weight excluding hydrogens is 248 g/mol. The van der Waals surface area contributed by atoms with Crippen LogP contribution < -0.4 is 5.73 Å². The lowest BCUT2D eigenvalue weighted by atomic mass is 10.3. The first kappa shape index (κ1) is 11.6. The Hall–Kier alpha value is -1.93. The van der Waals surface area contributed by atoms with E-state index in [0.717, 1.165) is 6.07 Å². The molecule has 3 N–H and O–H groups in total. The van der Waals surface area contributed by atoms with Crippen LogP contribution in [0.4, 0.5) is 0 Å². The van der Waals surface area contributed by atoms with Crippen molar-refractivity contribution in [1.82, 2.24) is 4.98 Å². The Bertz CT molecular complexity index is 688. The normalized spacial score (nSPS) is 11.8. The summed E-state index contributed by atoms with van der Waals surface area (Å²) in [4.78, 5) is 14.3. The molecule has 0 fully saturated rings. The molecular formula is C9H8N2O5S. The highest BCUT2D eigenvalue weighted by atomic mass is 32.2. The van der Waals surface area contributed by atoms with E-state index < -0.39 is 16.0 Å². The minimum atomic E-state index is -4.29. The van der Waals surface area contributed by atoms with Gasteiger partial charge in [0.25, 0.3) is 10.1 Å². The highest BCUT2D eigenvalue weighted by molar-refractivity contribution is 7.85. The Kier molecular flexibility index (Phi) is 2.60. The topological polar surface area (TPSA) is 123 Å². The maximum Gasteiger partial charge on any atom is 0.294 e. The van der Waals surface area contributed by atoms with Crippen LogP contribution >= 0.6 is 0 Å². The summed E-state index contributed by atoms with van der Waals surface area (Å²) in [6, 6.07) is 3.68. The Balaban J connectivity index is 2.52. The molecule has 1 aromatic heterocycles. The average molecular weight is 256 g/mol. The van der Waals surface area contributed by atoms with Crippen LogP contribution in [-0.4, -0.2) is 23.9 Å². The Labute approximate surface area is 96.0 Å². The van der Waals surface area contributed by atoms with E-state index in [1.165, 1.54) is 12.1 Å². The van der Waals surface area contributed by atoms with Crippen molar-refractivity contribution in [3.63, 3.8) is 0 Å². The van der Waals surface area contributed by atoms with Gasteiger partial charge in [0.05, 0.1) is 4.90 Å². The van der Waals surface area contributed by atoms with Crippen LogP contribution in [0, 0.1) is 0 Å². The highest BCUT2D eigenvalue weighted by Crippen LogP contribution is 2.20. The second kappa shape index (κ2) is 3.82. The molecule has 0 aliphatic heterocycles. The molecule has 17 heavy (non-hydrogen) atoms. The number of nitrogens with two attached hydrogens (primary N) is 1. The SMILES string of the molecule is NC(=O)Cc1nc2ccc(S(=O)(=O)O)cc2o1. The first-order chi connectivity index (χ1) is 7.86. The second-order valence-corrected chi connectivity index (χ2v) is 4.78. The molecule has 0 bridgehead atoms. The van der Waals surface area contributed by atoms with Gasteiger partial charge < -0.3 is 10.2 Å². The number of hydrogen-bond acceptors (Lipinski definition) is 5. The third-order valence-corrected chi connectivity index (χ3v) is 2.88. The van der Waals surface area contributed by atoms with Gasteiger partial charge in [0, 0.05) is 6.07 Å². The van der Waals surface area contributed by atoms with Gasteiger partial charge >= 0.3 is 0 Å². The highest BCUT2D eigenvalue weighted by Gasteiger charge is 2.14. The molecule has 0 saturated carbocycles. The molecule has 1 aromatic carbocycles. The van der Waals surface area contributed by atoms with E-state index in [4.69, 9.17) is 14.7 Å². The molecule has 0 atom stereocenters. The summed E-state index contributed by atoms with van der Waals surface area (Å²) in [6.07, 6.45) is -0.171. The van der Waals surface area contributed by atoms with Crippen LogP contribution in [0.5, 0.6) is 0 Å². The molecule has 90 valence electrons. The number of benzene rings is 1. The van der Waals surface area contributed by atoms with E-state index in [0.29, 0.717) is 5.52 Å². The lowest BCUT2D eigenvalue weighted by Gasteiger charge is -1.94. The van der Waals surface area contributed by atoms with Crippen molar-refractivity contribution in [1.29, 1.82) is 0 Å². The molecule has 0 radical (unpaired) electrons. The first-order valence-corrected chi connectivity index (χ1v) is 5.95. The quantitative estimate of drug-likeness (QED) is 0.751. The number of fused-ring (bicyclic) bond motifs is 1. The van der Waals surface area contributed by atoms with Crippen molar-refractivity contribution >= 4 is 27.1 Å². The van der Waals surface area contributed by atoms with E-state index in [-0.39, 0.29) is 22.8 Å². The zero-order chi connectivity index (χ0) is 12.6. The summed E-state index contributed by atoms with van der Waals surface area (Å²) in [5.41, 5.74) is 5.52. The lowest BCUT2D eigenvalue weighted by Crippen LogP contribution is -2.13. The lowest BCUT2D eigenvalue weighted by molar-refractivity contribution is -0.117. The maximum atomic E-state index is 10.9. The minimum Gasteiger partial charge on any atom is -0.440 e. The molecule has 0 aliphatic carbocycles. The number of carbonyl (C=O) groups is 1. The van der Waals surface area contributed by atoms with Crippen LogP contribution in [0.1, 0.15) is 5.89 Å². The molecule has 0 saturated heterocycles. The second-order valence-electron chi connectivity index (χ2n) is 3.36. The Morgan fingerprint density at radius 1 is 1.47 bits per heavy atom. The predicted octanol–water partition coefficient (Wildman–Crippen LogP) is 0.102. The van der Waals surface area contributed by atoms with Crippen LogP contribution in [0.25, 0.3) is 11.1 Å². The molecule has 0 spiro atoms. The van der Waals surface area contributed by atoms with Gasteiger partial charge in [-0.3, -0.25) is 9.35 Å². The number of hydrogen-bond donors (Lipinski definition) is 2. The smallest absolute Gasteiger partial charge is 0.294 e. The van der Waals surface area contributed by atoms with Crippen molar-refractivity contribution < 1.29 is 22.2 Å². The van der Waals surface area contributed by atoms with E-state index in [1.807, 2.05) is 0 Å². The minimum absolute atomic E-state index is 0.0972. The number of aromatic nitrogens is 1. The largest absolute Gasteiger partial charge is 0.440 e. The monoisotopic (exact) mass is 256 g/mol. The average Bonchev–Trinajstić information content (AvgIpc) is 2.55. The molecule has 1 heterocycles. The van der Waals surface area contributed by atoms with Crippen molar-refractivity contribution in [3.05, 3.63) is 24.1 Å². The van der Waals surface area contributed by atoms with Crippen LogP contribution in [0.15, 0.2) is 27.5 Å². The van der Waals surface area contributed by atoms with Gasteiger partial charge in [0.15, 0.2) is 5.58 Å². The van der Waals surface area contributed by atoms with Crippen molar-refractivity contribution in [2.24, 2.45) is 5.73 Å². The third kappa shape index (κ3) is 2.43. The summed E-state index contributed by atoms with van der Waals surface area (Å²) >= 11 is 0. The summed E-state index contributed by atoms with van der Waals surface area (Å²) in [5.74, 6) is -0.508. The van der Waals surface area contributed by atoms with Crippen LogP contribution in [0.3, 0.4) is 0 Å². The van der Waals surface area contributed by atoms with Gasteiger partial charge in [-0.2, -0.15) is 8.42 Å². The van der Waals surface area contributed by atoms with Crippen LogP contribution in [-0.2, 0) is 21.3 Å². The first-order valence-electron chi connectivity index (χ1n) is 4.51. The standard InChI is InChI=1S/C9H8N2O5S/c10-8(12)4-9-11-6-2-1-5(17(13,14)15)3-7(6)16-9/h1-3H,4H2,(H2,10,12)(H,13,14,15). The van der Waals surface area contributed by atoms with Crippen molar-refractivity contribution in [2.45, 2.75) is 11.3 Å². The van der Waals surface area contributed by atoms with Crippen molar-refractivity contribution in [2.75, 3.05) is 0 Å². The van der Waals surface area contributed by atoms with E-state index in [2.05, 4.69) is 4.98 Å². The Morgan fingerprint density at radius 3 is 2.76 bits per heavy atom. The number of carbonyl (C=O) groups excluding carboxylic acids is 1. The Morgan fingerprint density at radius 2 is 2.18 bits per heavy atom. The molecule has 2 aromatic rings. The molecule has 0 aliphatic rings. The van der Waals surface area contributed by atoms with Gasteiger partial charge in [-0.25, -0.2) is 4.98 Å². The number of primary amides is 1. The molecule has 7 nitrogen and oxygen atoms in total. The van der Waals surface area contributed by atoms with Gasteiger partial charge in [0.2, 0.25) is 11.8 Å². The molecule has 8 heteroatoms. The van der Waals surface area contributed by atoms with Gasteiger partial charge in [0.1, 0.15) is 11.9 Å². The predicted molar refractivity (Wildman–Crippen MR) is 56.7 cm³/mol. The number of oxazole rings is 1. The number of nitrogens with zero attached hydrogens (tertiary/aromatic N) is 1. The van der Waals surface area contributed by atoms with E-state index in [9.17, 15) is 13.2 Å². The van der Waals surface area contributed by atoms with Crippen molar-refractivity contribution in [3.8, 4) is 0 Å². The fraction of sp³-hybridized carbons (Fsp3) is 0.111. The van der Waals surface area contributed by atoms with Gasteiger partial charge in [-0.15, -0.1) is 0 Å². The summed E-state index contributed by atoms with van der Waals surface area (Å²) in [5, 5.41) is 0. The fourth-order valence-electron chi connectivity index (χ4n) is 1.34. The number of amides is 1. The van der Waals surface area contributed by atoms with Crippen LogP contribution in [0.2, 0.25) is 0 Å². The van der Waals surface area contributed by atoms with Gasteiger partial charge in [-0.1, -0.05) is 0 Å². The molecule has 0 unspecified atom stereocenters. The zero-order valence-corrected chi connectivity index (χ0v) is 9.27. The third-order valence-electron chi connectivity index (χ3n) is 2.03.